The van der Waals surface area contributed by atoms with Crippen LogP contribution in [0.2, 0.25) is 10.0 Å². The molecule has 7 heteroatoms. The SMILES string of the molecule is O=C(OCCCC[C@@H]1CC1(/C=C/c1ccc(Cl)cc1)/C=C/c1ccc(Cl)cc1)c1ccc([N+](=O)[O-])cc1. The molecule has 0 radical (unpaired) electrons. The van der Waals surface area contributed by atoms with E-state index in [4.69, 9.17) is 27.9 Å². The van der Waals surface area contributed by atoms with E-state index in [1.54, 1.807) is 0 Å². The molecule has 190 valence electrons. The number of nitro benzene ring substituents is 1. The fraction of sp³-hybridized carbons (Fsp3) is 0.233. The van der Waals surface area contributed by atoms with Gasteiger partial charge in [0.1, 0.15) is 0 Å². The predicted octanol–water partition coefficient (Wildman–Crippen LogP) is 8.66. The van der Waals surface area contributed by atoms with Gasteiger partial charge in [0.05, 0.1) is 17.1 Å². The Morgan fingerprint density at radius 1 is 0.892 bits per heavy atom. The van der Waals surface area contributed by atoms with Crippen LogP contribution in [-0.2, 0) is 4.74 Å². The highest BCUT2D eigenvalue weighted by Gasteiger charge is 2.49. The van der Waals surface area contributed by atoms with Gasteiger partial charge in [-0.2, -0.15) is 0 Å². The van der Waals surface area contributed by atoms with E-state index in [1.165, 1.54) is 24.3 Å². The molecule has 3 aromatic carbocycles. The largest absolute Gasteiger partial charge is 0.462 e. The maximum atomic E-state index is 12.2. The zero-order chi connectivity index (χ0) is 26.3. The molecule has 0 aromatic heterocycles. The van der Waals surface area contributed by atoms with E-state index < -0.39 is 10.9 Å². The maximum absolute atomic E-state index is 12.2. The summed E-state index contributed by atoms with van der Waals surface area (Å²) in [5.41, 5.74) is 2.44. The quantitative estimate of drug-likeness (QED) is 0.106. The Morgan fingerprint density at radius 2 is 1.43 bits per heavy atom. The van der Waals surface area contributed by atoms with Crippen molar-refractivity contribution in [2.45, 2.75) is 25.7 Å². The van der Waals surface area contributed by atoms with Crippen molar-refractivity contribution >= 4 is 47.0 Å². The van der Waals surface area contributed by atoms with Crippen LogP contribution in [0.15, 0.2) is 84.9 Å². The number of non-ortho nitro benzene ring substituents is 1. The average molecular weight is 536 g/mol. The molecule has 0 unspecified atom stereocenters. The number of rotatable bonds is 11. The van der Waals surface area contributed by atoms with Crippen LogP contribution >= 0.6 is 23.2 Å². The summed E-state index contributed by atoms with van der Waals surface area (Å²) in [6.45, 7) is 0.316. The van der Waals surface area contributed by atoms with Gasteiger partial charge in [-0.15, -0.1) is 0 Å². The fourth-order valence-electron chi connectivity index (χ4n) is 4.31. The van der Waals surface area contributed by atoms with E-state index in [-0.39, 0.29) is 11.1 Å². The first-order chi connectivity index (χ1) is 17.8. The van der Waals surface area contributed by atoms with Crippen LogP contribution in [0.5, 0.6) is 0 Å². The lowest BCUT2D eigenvalue weighted by Crippen LogP contribution is -2.06. The lowest BCUT2D eigenvalue weighted by Gasteiger charge is -2.09. The number of unbranched alkanes of at least 4 members (excludes halogenated alkanes) is 1. The van der Waals surface area contributed by atoms with Crippen molar-refractivity contribution in [3.05, 3.63) is 122 Å². The standard InChI is InChI=1S/C30H27Cl2NO4/c31-26-10-4-22(5-11-26)16-18-30(19-17-23-6-12-27(32)13-7-23)21-25(30)3-1-2-20-37-29(34)24-8-14-28(15-9-24)33(35)36/h4-19,25H,1-3,20-21H2/b18-16+,19-17+/t25-/m1/s1. The van der Waals surface area contributed by atoms with Gasteiger partial charge in [0.2, 0.25) is 0 Å². The number of carbonyl (C=O) groups excluding carboxylic acids is 1. The van der Waals surface area contributed by atoms with E-state index in [0.29, 0.717) is 28.1 Å². The molecule has 37 heavy (non-hydrogen) atoms. The highest BCUT2D eigenvalue weighted by Crippen LogP contribution is 2.58. The molecule has 1 fully saturated rings. The van der Waals surface area contributed by atoms with Gasteiger partial charge >= 0.3 is 5.97 Å². The monoisotopic (exact) mass is 535 g/mol. The number of hydrogen-bond acceptors (Lipinski definition) is 4. The molecule has 1 aliphatic carbocycles. The van der Waals surface area contributed by atoms with Gasteiger partial charge in [0.25, 0.3) is 5.69 Å². The van der Waals surface area contributed by atoms with Crippen molar-refractivity contribution in [1.29, 1.82) is 0 Å². The van der Waals surface area contributed by atoms with Crippen LogP contribution in [0.25, 0.3) is 12.2 Å². The molecule has 5 nitrogen and oxygen atoms in total. The minimum Gasteiger partial charge on any atom is -0.462 e. The van der Waals surface area contributed by atoms with Gasteiger partial charge in [0, 0.05) is 27.6 Å². The molecule has 0 amide bonds. The molecule has 0 N–H and O–H groups in total. The molecule has 0 heterocycles. The Bertz CT molecular complexity index is 1230. The van der Waals surface area contributed by atoms with Crippen LogP contribution in [0, 0.1) is 21.4 Å². The maximum Gasteiger partial charge on any atom is 0.338 e. The summed E-state index contributed by atoms with van der Waals surface area (Å²) in [7, 11) is 0. The third-order valence-electron chi connectivity index (χ3n) is 6.61. The van der Waals surface area contributed by atoms with E-state index in [9.17, 15) is 14.9 Å². The van der Waals surface area contributed by atoms with Gasteiger partial charge in [-0.05, 0) is 79.1 Å². The summed E-state index contributed by atoms with van der Waals surface area (Å²) in [5, 5.41) is 12.2. The summed E-state index contributed by atoms with van der Waals surface area (Å²) < 4.78 is 5.35. The van der Waals surface area contributed by atoms with Gasteiger partial charge in [0.15, 0.2) is 0 Å². The lowest BCUT2D eigenvalue weighted by molar-refractivity contribution is -0.384. The van der Waals surface area contributed by atoms with Crippen molar-refractivity contribution in [3.63, 3.8) is 0 Å². The molecular formula is C30H27Cl2NO4. The molecule has 1 aliphatic rings. The minimum atomic E-state index is -0.498. The Balaban J connectivity index is 1.30. The summed E-state index contributed by atoms with van der Waals surface area (Å²) in [5.74, 6) is 0.0393. The number of hydrogen-bond donors (Lipinski definition) is 0. The van der Waals surface area contributed by atoms with Gasteiger partial charge in [-0.25, -0.2) is 4.79 Å². The molecular weight excluding hydrogens is 509 g/mol. The first-order valence-corrected chi connectivity index (χ1v) is 12.9. The number of ether oxygens (including phenoxy) is 1. The number of halogens is 2. The second-order valence-electron chi connectivity index (χ2n) is 9.22. The number of nitro groups is 1. The summed E-state index contributed by atoms with van der Waals surface area (Å²) in [6.07, 6.45) is 12.6. The Kier molecular flexibility index (Phi) is 8.80. The molecule has 0 saturated heterocycles. The number of carbonyl (C=O) groups is 1. The zero-order valence-corrected chi connectivity index (χ0v) is 21.7. The van der Waals surface area contributed by atoms with Crippen molar-refractivity contribution in [1.82, 2.24) is 0 Å². The Labute approximate surface area is 226 Å². The number of nitrogens with zero attached hydrogens (tertiary/aromatic N) is 1. The summed E-state index contributed by atoms with van der Waals surface area (Å²) >= 11 is 12.0. The Morgan fingerprint density at radius 3 is 1.95 bits per heavy atom. The van der Waals surface area contributed by atoms with E-state index in [0.717, 1.165) is 36.8 Å². The van der Waals surface area contributed by atoms with Gasteiger partial charge in [-0.1, -0.05) is 71.8 Å². The molecule has 4 rings (SSSR count). The van der Waals surface area contributed by atoms with Crippen LogP contribution in [-0.4, -0.2) is 17.5 Å². The third-order valence-corrected chi connectivity index (χ3v) is 7.11. The molecule has 1 atom stereocenters. The highest BCUT2D eigenvalue weighted by atomic mass is 35.5. The van der Waals surface area contributed by atoms with E-state index >= 15 is 0 Å². The average Bonchev–Trinajstić information content (AvgIpc) is 3.60. The van der Waals surface area contributed by atoms with Crippen molar-refractivity contribution in [2.75, 3.05) is 6.61 Å². The molecule has 0 spiro atoms. The van der Waals surface area contributed by atoms with E-state index in [2.05, 4.69) is 24.3 Å². The second kappa shape index (κ2) is 12.2. The molecule has 1 saturated carbocycles. The van der Waals surface area contributed by atoms with Crippen LogP contribution in [0.3, 0.4) is 0 Å². The number of allylic oxidation sites excluding steroid dienone is 2. The first kappa shape index (κ1) is 26.6. The van der Waals surface area contributed by atoms with Crippen LogP contribution in [0.4, 0.5) is 5.69 Å². The van der Waals surface area contributed by atoms with Crippen LogP contribution < -0.4 is 0 Å². The Hall–Kier alpha value is -3.41. The third kappa shape index (κ3) is 7.54. The molecule has 0 bridgehead atoms. The van der Waals surface area contributed by atoms with Crippen molar-refractivity contribution in [2.24, 2.45) is 11.3 Å². The van der Waals surface area contributed by atoms with Gasteiger partial charge in [-0.3, -0.25) is 10.1 Å². The number of esters is 1. The zero-order valence-electron chi connectivity index (χ0n) is 20.2. The van der Waals surface area contributed by atoms with Gasteiger partial charge < -0.3 is 4.74 Å². The van der Waals surface area contributed by atoms with E-state index in [1.807, 2.05) is 48.5 Å². The highest BCUT2D eigenvalue weighted by molar-refractivity contribution is 6.30. The predicted molar refractivity (Wildman–Crippen MR) is 149 cm³/mol. The van der Waals surface area contributed by atoms with Crippen molar-refractivity contribution in [3.8, 4) is 0 Å². The lowest BCUT2D eigenvalue weighted by atomic mass is 9.97. The summed E-state index contributed by atoms with van der Waals surface area (Å²) in [6, 6.07) is 21.0. The number of benzene rings is 3. The van der Waals surface area contributed by atoms with Crippen LogP contribution in [0.1, 0.15) is 47.2 Å². The first-order valence-electron chi connectivity index (χ1n) is 12.2. The molecule has 0 aliphatic heterocycles. The molecule has 3 aromatic rings. The second-order valence-corrected chi connectivity index (χ2v) is 10.1. The topological polar surface area (TPSA) is 69.4 Å². The van der Waals surface area contributed by atoms with Crippen molar-refractivity contribution < 1.29 is 14.5 Å². The summed E-state index contributed by atoms with van der Waals surface area (Å²) in [4.78, 5) is 22.4. The minimum absolute atomic E-state index is 0.0191. The fourth-order valence-corrected chi connectivity index (χ4v) is 4.57. The smallest absolute Gasteiger partial charge is 0.338 e. The normalized spacial score (nSPS) is 16.2.